The molecule has 1 heterocycles. The van der Waals surface area contributed by atoms with E-state index in [-0.39, 0.29) is 0 Å². The topological polar surface area (TPSA) is 15.3 Å². The molecule has 3 fully saturated rings. The van der Waals surface area contributed by atoms with Crippen molar-refractivity contribution < 1.29 is 0 Å². The van der Waals surface area contributed by atoms with E-state index < -0.39 is 0 Å². The SMILES string of the molecule is CCNC1CCCCC1CN1CCCC2CCCCC21. The Bertz CT molecular complexity index is 287. The predicted molar refractivity (Wildman–Crippen MR) is 86.0 cm³/mol. The van der Waals surface area contributed by atoms with Crippen molar-refractivity contribution in [3.05, 3.63) is 0 Å². The van der Waals surface area contributed by atoms with Crippen LogP contribution in [0, 0.1) is 11.8 Å². The van der Waals surface area contributed by atoms with Crippen LogP contribution in [0.3, 0.4) is 0 Å². The summed E-state index contributed by atoms with van der Waals surface area (Å²) in [6, 6.07) is 1.75. The van der Waals surface area contributed by atoms with Crippen LogP contribution in [0.2, 0.25) is 0 Å². The van der Waals surface area contributed by atoms with Crippen molar-refractivity contribution in [3.8, 4) is 0 Å². The maximum Gasteiger partial charge on any atom is 0.0124 e. The zero-order chi connectivity index (χ0) is 13.8. The molecule has 1 aliphatic heterocycles. The summed E-state index contributed by atoms with van der Waals surface area (Å²) in [5.74, 6) is 1.96. The molecule has 2 heteroatoms. The third-order valence-corrected chi connectivity index (χ3v) is 6.20. The van der Waals surface area contributed by atoms with Crippen molar-refractivity contribution in [1.29, 1.82) is 0 Å². The van der Waals surface area contributed by atoms with Crippen molar-refractivity contribution in [3.63, 3.8) is 0 Å². The number of piperidine rings is 1. The molecule has 0 aromatic carbocycles. The number of nitrogens with one attached hydrogen (secondary N) is 1. The van der Waals surface area contributed by atoms with Crippen molar-refractivity contribution in [2.45, 2.75) is 83.2 Å². The van der Waals surface area contributed by atoms with Gasteiger partial charge in [-0.05, 0) is 63.5 Å². The third kappa shape index (κ3) is 3.39. The molecule has 0 aromatic heterocycles. The predicted octanol–water partition coefficient (Wildman–Crippen LogP) is 3.81. The summed E-state index contributed by atoms with van der Waals surface area (Å²) in [5.41, 5.74) is 0. The Morgan fingerprint density at radius 3 is 2.55 bits per heavy atom. The van der Waals surface area contributed by atoms with E-state index in [0.717, 1.165) is 30.5 Å². The van der Waals surface area contributed by atoms with Crippen LogP contribution in [0.25, 0.3) is 0 Å². The summed E-state index contributed by atoms with van der Waals surface area (Å²) in [4.78, 5) is 2.91. The molecule has 116 valence electrons. The zero-order valence-electron chi connectivity index (χ0n) is 13.4. The highest BCUT2D eigenvalue weighted by Crippen LogP contribution is 2.36. The number of hydrogen-bond acceptors (Lipinski definition) is 2. The van der Waals surface area contributed by atoms with Crippen molar-refractivity contribution >= 4 is 0 Å². The molecule has 20 heavy (non-hydrogen) atoms. The molecule has 2 aliphatic carbocycles. The van der Waals surface area contributed by atoms with E-state index in [9.17, 15) is 0 Å². The molecule has 0 radical (unpaired) electrons. The molecule has 0 amide bonds. The van der Waals surface area contributed by atoms with Gasteiger partial charge in [0.15, 0.2) is 0 Å². The third-order valence-electron chi connectivity index (χ3n) is 6.20. The van der Waals surface area contributed by atoms with Gasteiger partial charge < -0.3 is 5.32 Å². The fourth-order valence-corrected chi connectivity index (χ4v) is 5.21. The zero-order valence-corrected chi connectivity index (χ0v) is 13.4. The van der Waals surface area contributed by atoms with Gasteiger partial charge in [0.1, 0.15) is 0 Å². The highest BCUT2D eigenvalue weighted by atomic mass is 15.2. The molecule has 1 N–H and O–H groups in total. The summed E-state index contributed by atoms with van der Waals surface area (Å²) < 4.78 is 0. The van der Waals surface area contributed by atoms with Gasteiger partial charge in [-0.2, -0.15) is 0 Å². The number of rotatable bonds is 4. The summed E-state index contributed by atoms with van der Waals surface area (Å²) in [5, 5.41) is 3.77. The minimum atomic E-state index is 0.803. The molecular weight excluding hydrogens is 244 g/mol. The van der Waals surface area contributed by atoms with E-state index in [1.807, 2.05) is 0 Å². The first-order valence-electron chi connectivity index (χ1n) is 9.36. The average molecular weight is 278 g/mol. The van der Waals surface area contributed by atoms with Crippen LogP contribution in [0.1, 0.15) is 71.1 Å². The minimum Gasteiger partial charge on any atom is -0.314 e. The van der Waals surface area contributed by atoms with Crippen molar-refractivity contribution in [1.82, 2.24) is 10.2 Å². The molecule has 3 rings (SSSR count). The smallest absolute Gasteiger partial charge is 0.0124 e. The lowest BCUT2D eigenvalue weighted by Gasteiger charge is -2.47. The van der Waals surface area contributed by atoms with Crippen LogP contribution >= 0.6 is 0 Å². The lowest BCUT2D eigenvalue weighted by atomic mass is 9.77. The molecule has 0 spiro atoms. The Balaban J connectivity index is 1.59. The molecule has 4 unspecified atom stereocenters. The van der Waals surface area contributed by atoms with Crippen LogP contribution in [-0.2, 0) is 0 Å². The van der Waals surface area contributed by atoms with Gasteiger partial charge in [-0.15, -0.1) is 0 Å². The largest absolute Gasteiger partial charge is 0.314 e. The van der Waals surface area contributed by atoms with E-state index in [1.54, 1.807) is 0 Å². The summed E-state index contributed by atoms with van der Waals surface area (Å²) in [6.45, 7) is 6.19. The first kappa shape index (κ1) is 14.8. The second kappa shape index (κ2) is 7.26. The van der Waals surface area contributed by atoms with Gasteiger partial charge in [-0.3, -0.25) is 4.90 Å². The Morgan fingerprint density at radius 1 is 0.900 bits per heavy atom. The highest BCUT2D eigenvalue weighted by Gasteiger charge is 2.35. The maximum absolute atomic E-state index is 3.77. The normalized spacial score (nSPS) is 39.5. The lowest BCUT2D eigenvalue weighted by molar-refractivity contribution is 0.0369. The maximum atomic E-state index is 3.77. The van der Waals surface area contributed by atoms with Gasteiger partial charge in [0, 0.05) is 18.6 Å². The van der Waals surface area contributed by atoms with E-state index in [4.69, 9.17) is 0 Å². The molecule has 4 atom stereocenters. The van der Waals surface area contributed by atoms with E-state index >= 15 is 0 Å². The van der Waals surface area contributed by atoms with Gasteiger partial charge in [0.2, 0.25) is 0 Å². The van der Waals surface area contributed by atoms with E-state index in [1.165, 1.54) is 77.3 Å². The van der Waals surface area contributed by atoms with Gasteiger partial charge in [0.25, 0.3) is 0 Å². The lowest BCUT2D eigenvalue weighted by Crippen LogP contribution is -2.51. The summed E-state index contributed by atoms with van der Waals surface area (Å²) in [6.07, 6.45) is 14.8. The first-order chi connectivity index (χ1) is 9.88. The van der Waals surface area contributed by atoms with Crippen LogP contribution in [-0.4, -0.2) is 36.6 Å². The Labute approximate surface area is 125 Å². The molecule has 3 aliphatic rings. The Kier molecular flexibility index (Phi) is 5.39. The molecule has 0 bridgehead atoms. The van der Waals surface area contributed by atoms with Crippen LogP contribution < -0.4 is 5.32 Å². The number of hydrogen-bond donors (Lipinski definition) is 1. The first-order valence-corrected chi connectivity index (χ1v) is 9.36. The summed E-state index contributed by atoms with van der Waals surface area (Å²) in [7, 11) is 0. The van der Waals surface area contributed by atoms with E-state index in [2.05, 4.69) is 17.1 Å². The number of nitrogens with zero attached hydrogens (tertiary/aromatic N) is 1. The van der Waals surface area contributed by atoms with E-state index in [0.29, 0.717) is 0 Å². The van der Waals surface area contributed by atoms with Gasteiger partial charge in [-0.25, -0.2) is 0 Å². The fraction of sp³-hybridized carbons (Fsp3) is 1.00. The quantitative estimate of drug-likeness (QED) is 0.841. The molecular formula is C18H34N2. The van der Waals surface area contributed by atoms with Gasteiger partial charge in [-0.1, -0.05) is 32.6 Å². The standard InChI is InChI=1S/C18H34N2/c1-2-19-17-11-5-3-9-16(17)14-20-13-7-10-15-8-4-6-12-18(15)20/h15-19H,2-14H2,1H3. The molecule has 2 nitrogen and oxygen atoms in total. The second-order valence-electron chi connectivity index (χ2n) is 7.46. The van der Waals surface area contributed by atoms with Crippen molar-refractivity contribution in [2.24, 2.45) is 11.8 Å². The van der Waals surface area contributed by atoms with Crippen molar-refractivity contribution in [2.75, 3.05) is 19.6 Å². The number of likely N-dealkylation sites (tertiary alicyclic amines) is 1. The molecule has 0 aromatic rings. The van der Waals surface area contributed by atoms with Crippen LogP contribution in [0.5, 0.6) is 0 Å². The van der Waals surface area contributed by atoms with Gasteiger partial charge in [0.05, 0.1) is 0 Å². The molecule has 2 saturated carbocycles. The van der Waals surface area contributed by atoms with Crippen LogP contribution in [0.4, 0.5) is 0 Å². The highest BCUT2D eigenvalue weighted by molar-refractivity contribution is 4.90. The Hall–Kier alpha value is -0.0800. The van der Waals surface area contributed by atoms with Gasteiger partial charge >= 0.3 is 0 Å². The second-order valence-corrected chi connectivity index (χ2v) is 7.46. The minimum absolute atomic E-state index is 0.803. The number of fused-ring (bicyclic) bond motifs is 1. The van der Waals surface area contributed by atoms with Crippen LogP contribution in [0.15, 0.2) is 0 Å². The monoisotopic (exact) mass is 278 g/mol. The Morgan fingerprint density at radius 2 is 1.65 bits per heavy atom. The fourth-order valence-electron chi connectivity index (χ4n) is 5.21. The average Bonchev–Trinajstić information content (AvgIpc) is 2.50. The molecule has 1 saturated heterocycles. The summed E-state index contributed by atoms with van der Waals surface area (Å²) >= 11 is 0.